The van der Waals surface area contributed by atoms with Gasteiger partial charge in [-0.05, 0) is 64.6 Å². The van der Waals surface area contributed by atoms with Gasteiger partial charge in [0.1, 0.15) is 0 Å². The molecule has 2 aliphatic carbocycles. The summed E-state index contributed by atoms with van der Waals surface area (Å²) in [5.74, 6) is 3.88. The van der Waals surface area contributed by atoms with E-state index in [0.29, 0.717) is 21.7 Å². The van der Waals surface area contributed by atoms with E-state index in [1.807, 2.05) is 0 Å². The molecular weight excluding hydrogens is 312 g/mol. The summed E-state index contributed by atoms with van der Waals surface area (Å²) in [6, 6.07) is 0. The summed E-state index contributed by atoms with van der Waals surface area (Å²) in [5, 5.41) is 0. The third-order valence-electron chi connectivity index (χ3n) is 9.51. The molecule has 0 aromatic heterocycles. The van der Waals surface area contributed by atoms with Gasteiger partial charge in [-0.1, -0.05) is 101 Å². The van der Waals surface area contributed by atoms with Crippen molar-refractivity contribution >= 4 is 0 Å². The molecule has 2 saturated carbocycles. The smallest absolute Gasteiger partial charge is 0.0251 e. The molecular formula is C26H50. The van der Waals surface area contributed by atoms with Crippen LogP contribution in [0.2, 0.25) is 0 Å². The summed E-state index contributed by atoms with van der Waals surface area (Å²) < 4.78 is 0. The Kier molecular flexibility index (Phi) is 6.38. The van der Waals surface area contributed by atoms with Gasteiger partial charge in [-0.15, -0.1) is 0 Å². The van der Waals surface area contributed by atoms with Crippen LogP contribution in [0.5, 0.6) is 0 Å². The second-order valence-corrected chi connectivity index (χ2v) is 13.3. The van der Waals surface area contributed by atoms with Crippen LogP contribution >= 0.6 is 0 Å². The molecule has 0 nitrogen and oxygen atoms in total. The molecule has 0 bridgehead atoms. The Bertz CT molecular complexity index is 449. The summed E-state index contributed by atoms with van der Waals surface area (Å²) in [6.45, 7) is 25.0. The first kappa shape index (κ1) is 22.3. The summed E-state index contributed by atoms with van der Waals surface area (Å²) in [7, 11) is 0. The van der Waals surface area contributed by atoms with Gasteiger partial charge in [0.25, 0.3) is 0 Å². The number of rotatable bonds is 6. The van der Waals surface area contributed by atoms with E-state index >= 15 is 0 Å². The first-order chi connectivity index (χ1) is 11.7. The third kappa shape index (κ3) is 4.52. The highest BCUT2D eigenvalue weighted by atomic mass is 14.6. The third-order valence-corrected chi connectivity index (χ3v) is 9.51. The summed E-state index contributed by atoms with van der Waals surface area (Å²) in [4.78, 5) is 0. The zero-order chi connectivity index (χ0) is 20.0. The minimum absolute atomic E-state index is 0.307. The predicted molar refractivity (Wildman–Crippen MR) is 117 cm³/mol. The second-order valence-electron chi connectivity index (χ2n) is 13.3. The molecule has 2 aliphatic rings. The Morgan fingerprint density at radius 2 is 1.23 bits per heavy atom. The van der Waals surface area contributed by atoms with Crippen molar-refractivity contribution in [3.05, 3.63) is 0 Å². The van der Waals surface area contributed by atoms with Crippen molar-refractivity contribution in [2.45, 2.75) is 121 Å². The maximum atomic E-state index is 2.58. The van der Waals surface area contributed by atoms with E-state index in [-0.39, 0.29) is 0 Å². The normalized spacial score (nSPS) is 27.5. The Labute approximate surface area is 166 Å². The van der Waals surface area contributed by atoms with E-state index in [1.54, 1.807) is 6.42 Å². The molecule has 0 saturated heterocycles. The molecule has 0 radical (unpaired) electrons. The number of hydrogen-bond acceptors (Lipinski definition) is 0. The fraction of sp³-hybridized carbons (Fsp3) is 1.00. The van der Waals surface area contributed by atoms with Crippen LogP contribution < -0.4 is 0 Å². The van der Waals surface area contributed by atoms with Crippen molar-refractivity contribution in [2.75, 3.05) is 0 Å². The van der Waals surface area contributed by atoms with Gasteiger partial charge in [0.15, 0.2) is 0 Å². The van der Waals surface area contributed by atoms with E-state index < -0.39 is 0 Å². The standard InChI is InChI=1S/C26H50/c1-23(2,3)22(25(7,8)26(9,10)24(4,5)6)18-21-15-14-20(17-21)16-19-12-11-13-19/h19-22H,11-18H2,1-10H3. The van der Waals surface area contributed by atoms with Crippen LogP contribution in [-0.4, -0.2) is 0 Å². The molecule has 0 heteroatoms. The quantitative estimate of drug-likeness (QED) is 0.443. The van der Waals surface area contributed by atoms with E-state index in [4.69, 9.17) is 0 Å². The first-order valence-corrected chi connectivity index (χ1v) is 11.7. The van der Waals surface area contributed by atoms with Crippen molar-refractivity contribution in [3.63, 3.8) is 0 Å². The average molecular weight is 363 g/mol. The summed E-state index contributed by atoms with van der Waals surface area (Å²) in [6.07, 6.45) is 12.1. The van der Waals surface area contributed by atoms with Crippen LogP contribution in [0.4, 0.5) is 0 Å². The molecule has 0 N–H and O–H groups in total. The van der Waals surface area contributed by atoms with Crippen molar-refractivity contribution in [1.29, 1.82) is 0 Å². The van der Waals surface area contributed by atoms with Crippen LogP contribution in [0.25, 0.3) is 0 Å². The lowest BCUT2D eigenvalue weighted by Crippen LogP contribution is -2.50. The molecule has 26 heavy (non-hydrogen) atoms. The van der Waals surface area contributed by atoms with Crippen LogP contribution in [0.3, 0.4) is 0 Å². The van der Waals surface area contributed by atoms with Gasteiger partial charge >= 0.3 is 0 Å². The molecule has 3 unspecified atom stereocenters. The summed E-state index contributed by atoms with van der Waals surface area (Å²) >= 11 is 0. The zero-order valence-electron chi connectivity index (χ0n) is 20.0. The molecule has 2 rings (SSSR count). The number of hydrogen-bond donors (Lipinski definition) is 0. The minimum Gasteiger partial charge on any atom is -0.0599 e. The molecule has 154 valence electrons. The van der Waals surface area contributed by atoms with Crippen molar-refractivity contribution in [3.8, 4) is 0 Å². The SMILES string of the molecule is CC(C)(C)C(CC1CCC(CC2CCC2)C1)C(C)(C)C(C)(C)C(C)(C)C. The first-order valence-electron chi connectivity index (χ1n) is 11.7. The Morgan fingerprint density at radius 3 is 1.65 bits per heavy atom. The highest BCUT2D eigenvalue weighted by Gasteiger charge is 2.52. The van der Waals surface area contributed by atoms with E-state index in [2.05, 4.69) is 69.2 Å². The largest absolute Gasteiger partial charge is 0.0599 e. The van der Waals surface area contributed by atoms with Gasteiger partial charge in [-0.2, -0.15) is 0 Å². The molecule has 0 spiro atoms. The zero-order valence-corrected chi connectivity index (χ0v) is 20.0. The Morgan fingerprint density at radius 1 is 0.692 bits per heavy atom. The fourth-order valence-corrected chi connectivity index (χ4v) is 6.27. The molecule has 0 heterocycles. The molecule has 2 fully saturated rings. The lowest BCUT2D eigenvalue weighted by molar-refractivity contribution is -0.0896. The van der Waals surface area contributed by atoms with Gasteiger partial charge in [-0.25, -0.2) is 0 Å². The van der Waals surface area contributed by atoms with Crippen LogP contribution in [0, 0.1) is 45.3 Å². The van der Waals surface area contributed by atoms with Crippen LogP contribution in [-0.2, 0) is 0 Å². The van der Waals surface area contributed by atoms with Gasteiger partial charge in [0.2, 0.25) is 0 Å². The van der Waals surface area contributed by atoms with Crippen molar-refractivity contribution < 1.29 is 0 Å². The fourth-order valence-electron chi connectivity index (χ4n) is 6.27. The molecule has 0 aromatic rings. The lowest BCUT2D eigenvalue weighted by atomic mass is 9.47. The van der Waals surface area contributed by atoms with Crippen molar-refractivity contribution in [2.24, 2.45) is 45.3 Å². The van der Waals surface area contributed by atoms with Gasteiger partial charge < -0.3 is 0 Å². The molecule has 0 aliphatic heterocycles. The molecule has 0 aromatic carbocycles. The van der Waals surface area contributed by atoms with E-state index in [1.165, 1.54) is 44.9 Å². The Hall–Kier alpha value is 0. The summed E-state index contributed by atoms with van der Waals surface area (Å²) in [5.41, 5.74) is 1.33. The molecule has 3 atom stereocenters. The van der Waals surface area contributed by atoms with Gasteiger partial charge in [0, 0.05) is 0 Å². The monoisotopic (exact) mass is 362 g/mol. The van der Waals surface area contributed by atoms with Crippen molar-refractivity contribution in [1.82, 2.24) is 0 Å². The molecule has 0 amide bonds. The highest BCUT2D eigenvalue weighted by molar-refractivity contribution is 5.01. The second kappa shape index (κ2) is 7.44. The van der Waals surface area contributed by atoms with E-state index in [9.17, 15) is 0 Å². The van der Waals surface area contributed by atoms with E-state index in [0.717, 1.165) is 23.7 Å². The predicted octanol–water partition coefficient (Wildman–Crippen LogP) is 8.74. The maximum absolute atomic E-state index is 2.58. The topological polar surface area (TPSA) is 0 Å². The highest BCUT2D eigenvalue weighted by Crippen LogP contribution is 2.60. The average Bonchev–Trinajstić information content (AvgIpc) is 2.85. The van der Waals surface area contributed by atoms with Crippen LogP contribution in [0.15, 0.2) is 0 Å². The van der Waals surface area contributed by atoms with Gasteiger partial charge in [-0.3, -0.25) is 0 Å². The van der Waals surface area contributed by atoms with Crippen LogP contribution in [0.1, 0.15) is 121 Å². The van der Waals surface area contributed by atoms with Gasteiger partial charge in [0.05, 0.1) is 0 Å². The maximum Gasteiger partial charge on any atom is -0.0251 e. The lowest BCUT2D eigenvalue weighted by Gasteiger charge is -2.58. The minimum atomic E-state index is 0.307. The Balaban J connectivity index is 2.10.